The number of aliphatic carboxylic acids is 1. The molecule has 2 aromatic rings. The van der Waals surface area contributed by atoms with Crippen LogP contribution in [0.5, 0.6) is 0 Å². The molecule has 1 aromatic heterocycles. The van der Waals surface area contributed by atoms with Crippen molar-refractivity contribution in [2.75, 3.05) is 20.3 Å². The molecule has 2 saturated heterocycles. The van der Waals surface area contributed by atoms with Crippen LogP contribution < -0.4 is 5.32 Å². The largest absolute Gasteiger partial charge is 0.481 e. The maximum atomic E-state index is 12.0. The molecule has 166 valence electrons. The first-order valence-corrected chi connectivity index (χ1v) is 10.4. The molecule has 0 bridgehead atoms. The van der Waals surface area contributed by atoms with Gasteiger partial charge in [-0.2, -0.15) is 0 Å². The van der Waals surface area contributed by atoms with Crippen LogP contribution in [0.2, 0.25) is 0 Å². The summed E-state index contributed by atoms with van der Waals surface area (Å²) in [5.74, 6) is -1.31. The summed E-state index contributed by atoms with van der Waals surface area (Å²) in [6.45, 7) is 2.22. The molecule has 31 heavy (non-hydrogen) atoms. The molecule has 3 heterocycles. The van der Waals surface area contributed by atoms with Crippen LogP contribution in [0.3, 0.4) is 0 Å². The third-order valence-corrected chi connectivity index (χ3v) is 5.56. The first kappa shape index (κ1) is 21.4. The van der Waals surface area contributed by atoms with Crippen molar-refractivity contribution in [1.82, 2.24) is 25.2 Å². The van der Waals surface area contributed by atoms with Gasteiger partial charge in [-0.1, -0.05) is 35.5 Å². The van der Waals surface area contributed by atoms with Gasteiger partial charge in [0.15, 0.2) is 0 Å². The lowest BCUT2D eigenvalue weighted by molar-refractivity contribution is -0.139. The van der Waals surface area contributed by atoms with Crippen LogP contribution >= 0.6 is 0 Å². The lowest BCUT2D eigenvalue weighted by Crippen LogP contribution is -2.44. The zero-order chi connectivity index (χ0) is 21.8. The van der Waals surface area contributed by atoms with E-state index in [1.165, 1.54) is 5.56 Å². The highest BCUT2D eigenvalue weighted by Gasteiger charge is 2.49. The van der Waals surface area contributed by atoms with Gasteiger partial charge in [-0.3, -0.25) is 14.5 Å². The molecule has 2 fully saturated rings. The molecular formula is C21H27N5O5. The number of aromatic nitrogens is 3. The van der Waals surface area contributed by atoms with Crippen LogP contribution in [0.25, 0.3) is 0 Å². The van der Waals surface area contributed by atoms with Gasteiger partial charge in [-0.05, 0) is 12.6 Å². The van der Waals surface area contributed by atoms with Crippen molar-refractivity contribution in [2.24, 2.45) is 0 Å². The van der Waals surface area contributed by atoms with Crippen LogP contribution in [0.15, 0.2) is 36.5 Å². The van der Waals surface area contributed by atoms with Gasteiger partial charge < -0.3 is 19.9 Å². The van der Waals surface area contributed by atoms with Crippen molar-refractivity contribution in [2.45, 2.75) is 50.2 Å². The maximum Gasteiger partial charge on any atom is 0.303 e. The fourth-order valence-corrected chi connectivity index (χ4v) is 4.10. The van der Waals surface area contributed by atoms with E-state index in [1.807, 2.05) is 31.4 Å². The quantitative estimate of drug-likeness (QED) is 0.595. The molecule has 0 unspecified atom stereocenters. The Kier molecular flexibility index (Phi) is 6.59. The Morgan fingerprint density at radius 1 is 1.16 bits per heavy atom. The smallest absolute Gasteiger partial charge is 0.303 e. The standard InChI is InChI=1S/C21H27N5O5/c1-25(9-14-5-3-2-4-6-14)10-15-11-26(24-23-15)17-13-31-20-16(12-30-21(17)20)22-18(27)7-8-19(28)29/h2-6,11,16-17,20-21H,7-10,12-13H2,1H3,(H,22,27)(H,28,29)/t16-,17+,20-,21+/m0/s1. The Labute approximate surface area is 180 Å². The number of benzene rings is 1. The van der Waals surface area contributed by atoms with Crippen molar-refractivity contribution >= 4 is 11.9 Å². The Hall–Kier alpha value is -2.82. The Balaban J connectivity index is 1.31. The molecule has 0 spiro atoms. The third-order valence-electron chi connectivity index (χ3n) is 5.56. The summed E-state index contributed by atoms with van der Waals surface area (Å²) in [5.41, 5.74) is 2.10. The number of carbonyl (C=O) groups excluding carboxylic acids is 1. The van der Waals surface area contributed by atoms with E-state index < -0.39 is 5.97 Å². The number of hydrogen-bond acceptors (Lipinski definition) is 7. The summed E-state index contributed by atoms with van der Waals surface area (Å²) in [7, 11) is 2.04. The molecule has 4 atom stereocenters. The lowest BCUT2D eigenvalue weighted by atomic mass is 10.1. The summed E-state index contributed by atoms with van der Waals surface area (Å²) >= 11 is 0. The van der Waals surface area contributed by atoms with Gasteiger partial charge in [0.25, 0.3) is 0 Å². The highest BCUT2D eigenvalue weighted by Crippen LogP contribution is 2.34. The molecule has 2 N–H and O–H groups in total. The number of rotatable bonds is 9. The van der Waals surface area contributed by atoms with Crippen molar-refractivity contribution in [3.05, 3.63) is 47.8 Å². The number of carbonyl (C=O) groups is 2. The minimum atomic E-state index is -0.996. The van der Waals surface area contributed by atoms with E-state index >= 15 is 0 Å². The maximum absolute atomic E-state index is 12.0. The highest BCUT2D eigenvalue weighted by atomic mass is 16.6. The van der Waals surface area contributed by atoms with E-state index in [9.17, 15) is 9.59 Å². The molecule has 2 aliphatic heterocycles. The van der Waals surface area contributed by atoms with Crippen molar-refractivity contribution in [1.29, 1.82) is 0 Å². The van der Waals surface area contributed by atoms with Crippen LogP contribution in [0, 0.1) is 0 Å². The van der Waals surface area contributed by atoms with Crippen molar-refractivity contribution in [3.63, 3.8) is 0 Å². The highest BCUT2D eigenvalue weighted by molar-refractivity contribution is 5.80. The minimum absolute atomic E-state index is 0.0599. The molecule has 1 amide bonds. The van der Waals surface area contributed by atoms with Gasteiger partial charge in [0.1, 0.15) is 18.2 Å². The van der Waals surface area contributed by atoms with Gasteiger partial charge in [-0.25, -0.2) is 4.68 Å². The molecule has 0 radical (unpaired) electrons. The fraction of sp³-hybridized carbons (Fsp3) is 0.524. The fourth-order valence-electron chi connectivity index (χ4n) is 4.10. The average Bonchev–Trinajstić information content (AvgIpc) is 3.45. The molecule has 4 rings (SSSR count). The van der Waals surface area contributed by atoms with Crippen LogP contribution in [0.1, 0.15) is 30.1 Å². The first-order valence-electron chi connectivity index (χ1n) is 10.4. The predicted molar refractivity (Wildman–Crippen MR) is 109 cm³/mol. The van der Waals surface area contributed by atoms with Gasteiger partial charge in [-0.15, -0.1) is 5.10 Å². The van der Waals surface area contributed by atoms with Gasteiger partial charge in [0, 0.05) is 19.5 Å². The van der Waals surface area contributed by atoms with Gasteiger partial charge in [0.2, 0.25) is 5.91 Å². The second-order valence-corrected chi connectivity index (χ2v) is 8.08. The van der Waals surface area contributed by atoms with Crippen LogP contribution in [-0.4, -0.2) is 75.4 Å². The Bertz CT molecular complexity index is 905. The topological polar surface area (TPSA) is 119 Å². The number of amides is 1. The number of nitrogens with zero attached hydrogens (tertiary/aromatic N) is 4. The van der Waals surface area contributed by atoms with E-state index in [0.717, 1.165) is 12.2 Å². The number of hydrogen-bond donors (Lipinski definition) is 2. The van der Waals surface area contributed by atoms with E-state index in [0.29, 0.717) is 19.8 Å². The molecule has 10 nitrogen and oxygen atoms in total. The summed E-state index contributed by atoms with van der Waals surface area (Å²) in [5, 5.41) is 20.1. The SMILES string of the molecule is CN(Cc1ccccc1)Cc1cn([C@@H]2CO[C@@H]3[C@@H]2OC[C@@H]3NC(=O)CCC(=O)O)nn1. The first-order chi connectivity index (χ1) is 15.0. The normalized spacial score (nSPS) is 25.0. The van der Waals surface area contributed by atoms with E-state index in [4.69, 9.17) is 14.6 Å². The summed E-state index contributed by atoms with van der Waals surface area (Å²) in [6, 6.07) is 9.83. The number of carboxylic acid groups (broad SMARTS) is 1. The van der Waals surface area contributed by atoms with E-state index in [2.05, 4.69) is 32.7 Å². The van der Waals surface area contributed by atoms with E-state index in [-0.39, 0.29) is 43.0 Å². The second-order valence-electron chi connectivity index (χ2n) is 8.08. The lowest BCUT2D eigenvalue weighted by Gasteiger charge is -2.17. The minimum Gasteiger partial charge on any atom is -0.481 e. The second kappa shape index (κ2) is 9.54. The van der Waals surface area contributed by atoms with Gasteiger partial charge >= 0.3 is 5.97 Å². The number of ether oxygens (including phenoxy) is 2. The van der Waals surface area contributed by atoms with Crippen molar-refractivity contribution < 1.29 is 24.2 Å². The van der Waals surface area contributed by atoms with Crippen LogP contribution in [-0.2, 0) is 32.2 Å². The number of nitrogens with one attached hydrogen (secondary N) is 1. The van der Waals surface area contributed by atoms with E-state index in [1.54, 1.807) is 4.68 Å². The summed E-state index contributed by atoms with van der Waals surface area (Å²) in [4.78, 5) is 24.8. The Morgan fingerprint density at radius 3 is 2.71 bits per heavy atom. The van der Waals surface area contributed by atoms with Crippen molar-refractivity contribution in [3.8, 4) is 0 Å². The van der Waals surface area contributed by atoms with Crippen LogP contribution in [0.4, 0.5) is 0 Å². The summed E-state index contributed by atoms with van der Waals surface area (Å²) in [6.07, 6.45) is 1.14. The summed E-state index contributed by atoms with van der Waals surface area (Å²) < 4.78 is 13.6. The molecule has 0 saturated carbocycles. The zero-order valence-electron chi connectivity index (χ0n) is 17.4. The third kappa shape index (κ3) is 5.27. The van der Waals surface area contributed by atoms with Gasteiger partial charge in [0.05, 0.1) is 37.6 Å². The molecular weight excluding hydrogens is 402 g/mol. The number of fused-ring (bicyclic) bond motifs is 1. The molecule has 2 aliphatic rings. The average molecular weight is 429 g/mol. The monoisotopic (exact) mass is 429 g/mol. The molecule has 10 heteroatoms. The predicted octanol–water partition coefficient (Wildman–Crippen LogP) is 0.598. The number of carboxylic acids is 1. The Morgan fingerprint density at radius 2 is 1.94 bits per heavy atom. The zero-order valence-corrected chi connectivity index (χ0v) is 17.4. The molecule has 0 aliphatic carbocycles. The molecule has 1 aromatic carbocycles.